The monoisotopic (exact) mass is 436 g/mol. The van der Waals surface area contributed by atoms with E-state index in [9.17, 15) is 14.9 Å². The number of hydrogen-bond acceptors (Lipinski definition) is 3. The third-order valence-electron chi connectivity index (χ3n) is 2.57. The summed E-state index contributed by atoms with van der Waals surface area (Å²) in [5.41, 5.74) is 0.214. The Kier molecular flexibility index (Phi) is 5.02. The van der Waals surface area contributed by atoms with Gasteiger partial charge in [-0.3, -0.25) is 14.9 Å². The Balaban J connectivity index is 2.34. The van der Waals surface area contributed by atoms with Crippen LogP contribution in [0.3, 0.4) is 0 Å². The number of benzene rings is 2. The normalized spacial score (nSPS) is 10.2. The van der Waals surface area contributed by atoms with E-state index in [0.717, 1.165) is 15.7 Å². The summed E-state index contributed by atoms with van der Waals surface area (Å²) in [4.78, 5) is 22.3. The van der Waals surface area contributed by atoms with Gasteiger partial charge in [0.25, 0.3) is 11.6 Å². The average Bonchev–Trinajstić information content (AvgIpc) is 2.43. The van der Waals surface area contributed by atoms with Crippen molar-refractivity contribution in [3.8, 4) is 0 Å². The Morgan fingerprint density at radius 2 is 1.81 bits per heavy atom. The van der Waals surface area contributed by atoms with E-state index in [0.29, 0.717) is 5.69 Å². The van der Waals surface area contributed by atoms with Crippen LogP contribution in [0, 0.1) is 13.7 Å². The molecule has 0 aliphatic carbocycles. The topological polar surface area (TPSA) is 72.2 Å². The van der Waals surface area contributed by atoms with Crippen LogP contribution in [0.25, 0.3) is 0 Å². The Morgan fingerprint density at radius 1 is 1.19 bits per heavy atom. The van der Waals surface area contributed by atoms with E-state index in [-0.39, 0.29) is 21.3 Å². The standard InChI is InChI=1S/C13H7Cl2IN2O3/c14-11-6-9(18(20)21)5-10(12(11)15)13(19)17-8-3-1-7(16)2-4-8/h1-6H,(H,17,19). The van der Waals surface area contributed by atoms with Crippen LogP contribution < -0.4 is 5.32 Å². The van der Waals surface area contributed by atoms with Gasteiger partial charge in [0, 0.05) is 21.4 Å². The minimum Gasteiger partial charge on any atom is -0.322 e. The van der Waals surface area contributed by atoms with Crippen molar-refractivity contribution < 1.29 is 9.72 Å². The van der Waals surface area contributed by atoms with Gasteiger partial charge in [0.15, 0.2) is 0 Å². The Labute approximate surface area is 143 Å². The third kappa shape index (κ3) is 3.84. The molecule has 2 aromatic carbocycles. The fourth-order valence-electron chi connectivity index (χ4n) is 1.58. The van der Waals surface area contributed by atoms with Gasteiger partial charge in [-0.2, -0.15) is 0 Å². The zero-order valence-electron chi connectivity index (χ0n) is 10.3. The maximum atomic E-state index is 12.2. The number of hydrogen-bond donors (Lipinski definition) is 1. The lowest BCUT2D eigenvalue weighted by atomic mass is 10.1. The number of carbonyl (C=O) groups excluding carboxylic acids is 1. The highest BCUT2D eigenvalue weighted by molar-refractivity contribution is 14.1. The van der Waals surface area contributed by atoms with Gasteiger partial charge < -0.3 is 5.32 Å². The molecule has 2 aromatic rings. The third-order valence-corrected chi connectivity index (χ3v) is 4.09. The zero-order chi connectivity index (χ0) is 15.6. The highest BCUT2D eigenvalue weighted by atomic mass is 127. The summed E-state index contributed by atoms with van der Waals surface area (Å²) < 4.78 is 1.02. The number of amides is 1. The molecule has 21 heavy (non-hydrogen) atoms. The van der Waals surface area contributed by atoms with Crippen molar-refractivity contribution in [3.63, 3.8) is 0 Å². The average molecular weight is 437 g/mol. The van der Waals surface area contributed by atoms with E-state index >= 15 is 0 Å². The smallest absolute Gasteiger partial charge is 0.271 e. The molecular formula is C13H7Cl2IN2O3. The van der Waals surface area contributed by atoms with Crippen molar-refractivity contribution in [2.75, 3.05) is 5.32 Å². The molecule has 5 nitrogen and oxygen atoms in total. The number of rotatable bonds is 3. The van der Waals surface area contributed by atoms with Gasteiger partial charge in [-0.15, -0.1) is 0 Å². The van der Waals surface area contributed by atoms with Crippen molar-refractivity contribution in [2.45, 2.75) is 0 Å². The van der Waals surface area contributed by atoms with Crippen molar-refractivity contribution in [3.05, 3.63) is 65.7 Å². The number of non-ortho nitro benzene ring substituents is 1. The van der Waals surface area contributed by atoms with Gasteiger partial charge in [0.05, 0.1) is 20.5 Å². The number of carbonyl (C=O) groups is 1. The van der Waals surface area contributed by atoms with Gasteiger partial charge in [-0.1, -0.05) is 23.2 Å². The lowest BCUT2D eigenvalue weighted by Crippen LogP contribution is -2.13. The first-order valence-corrected chi connectivity index (χ1v) is 7.42. The molecule has 0 spiro atoms. The van der Waals surface area contributed by atoms with Crippen LogP contribution in [0.4, 0.5) is 11.4 Å². The quantitative estimate of drug-likeness (QED) is 0.428. The Morgan fingerprint density at radius 3 is 2.38 bits per heavy atom. The summed E-state index contributed by atoms with van der Waals surface area (Å²) in [6.45, 7) is 0. The number of anilines is 1. The van der Waals surface area contributed by atoms with E-state index in [1.54, 1.807) is 12.1 Å². The van der Waals surface area contributed by atoms with Crippen LogP contribution in [-0.2, 0) is 0 Å². The maximum absolute atomic E-state index is 12.2. The van der Waals surface area contributed by atoms with Crippen LogP contribution >= 0.6 is 45.8 Å². The number of halogens is 3. The molecule has 8 heteroatoms. The molecule has 0 saturated heterocycles. The van der Waals surface area contributed by atoms with Crippen LogP contribution in [0.5, 0.6) is 0 Å². The molecule has 0 radical (unpaired) electrons. The maximum Gasteiger partial charge on any atom is 0.271 e. The summed E-state index contributed by atoms with van der Waals surface area (Å²) in [5.74, 6) is -0.563. The van der Waals surface area contributed by atoms with Crippen molar-refractivity contribution in [2.24, 2.45) is 0 Å². The van der Waals surface area contributed by atoms with Crippen LogP contribution in [-0.4, -0.2) is 10.8 Å². The molecule has 1 amide bonds. The lowest BCUT2D eigenvalue weighted by Gasteiger charge is -2.08. The van der Waals surface area contributed by atoms with Crippen LogP contribution in [0.1, 0.15) is 10.4 Å². The summed E-state index contributed by atoms with van der Waals surface area (Å²) in [6, 6.07) is 9.26. The first-order valence-electron chi connectivity index (χ1n) is 5.59. The Hall–Kier alpha value is -1.38. The van der Waals surface area contributed by atoms with Crippen LogP contribution in [0.15, 0.2) is 36.4 Å². The highest BCUT2D eigenvalue weighted by Gasteiger charge is 2.19. The van der Waals surface area contributed by atoms with Crippen LogP contribution in [0.2, 0.25) is 10.0 Å². The van der Waals surface area contributed by atoms with E-state index in [1.807, 2.05) is 12.1 Å². The molecule has 0 bridgehead atoms. The predicted octanol–water partition coefficient (Wildman–Crippen LogP) is 4.76. The van der Waals surface area contributed by atoms with E-state index in [2.05, 4.69) is 27.9 Å². The minimum absolute atomic E-state index is 0.0229. The van der Waals surface area contributed by atoms with Gasteiger partial charge in [0.1, 0.15) is 0 Å². The zero-order valence-corrected chi connectivity index (χ0v) is 13.9. The number of nitrogens with zero attached hydrogens (tertiary/aromatic N) is 1. The Bertz CT molecular complexity index is 720. The molecule has 0 aromatic heterocycles. The molecule has 108 valence electrons. The molecule has 0 unspecified atom stereocenters. The molecule has 1 N–H and O–H groups in total. The van der Waals surface area contributed by atoms with Gasteiger partial charge in [0.2, 0.25) is 0 Å². The van der Waals surface area contributed by atoms with Crippen molar-refractivity contribution >= 4 is 63.1 Å². The van der Waals surface area contributed by atoms with Gasteiger partial charge >= 0.3 is 0 Å². The highest BCUT2D eigenvalue weighted by Crippen LogP contribution is 2.31. The first-order chi connectivity index (χ1) is 9.88. The summed E-state index contributed by atoms with van der Waals surface area (Å²) in [5, 5.41) is 13.4. The fourth-order valence-corrected chi connectivity index (χ4v) is 2.35. The number of nitro groups is 1. The second kappa shape index (κ2) is 6.59. The van der Waals surface area contributed by atoms with E-state index in [4.69, 9.17) is 23.2 Å². The van der Waals surface area contributed by atoms with E-state index in [1.165, 1.54) is 0 Å². The number of nitro benzene ring substituents is 1. The molecular weight excluding hydrogens is 430 g/mol. The largest absolute Gasteiger partial charge is 0.322 e. The van der Waals surface area contributed by atoms with Gasteiger partial charge in [-0.25, -0.2) is 0 Å². The van der Waals surface area contributed by atoms with E-state index < -0.39 is 10.8 Å². The predicted molar refractivity (Wildman–Crippen MR) is 90.2 cm³/mol. The molecule has 0 saturated carbocycles. The second-order valence-electron chi connectivity index (χ2n) is 4.01. The molecule has 2 rings (SSSR count). The van der Waals surface area contributed by atoms with Crippen molar-refractivity contribution in [1.29, 1.82) is 0 Å². The molecule has 0 heterocycles. The molecule has 0 aliphatic heterocycles. The first kappa shape index (κ1) is 16.0. The second-order valence-corrected chi connectivity index (χ2v) is 6.04. The lowest BCUT2D eigenvalue weighted by molar-refractivity contribution is -0.384. The fraction of sp³-hybridized carbons (Fsp3) is 0. The molecule has 0 aliphatic rings. The molecule has 0 fully saturated rings. The molecule has 0 atom stereocenters. The summed E-state index contributed by atoms with van der Waals surface area (Å²) >= 11 is 13.9. The van der Waals surface area contributed by atoms with Gasteiger partial charge in [-0.05, 0) is 46.9 Å². The minimum atomic E-state index is -0.635. The SMILES string of the molecule is O=C(Nc1ccc(I)cc1)c1cc([N+](=O)[O-])cc(Cl)c1Cl. The number of nitrogens with one attached hydrogen (secondary N) is 1. The summed E-state index contributed by atoms with van der Waals surface area (Å²) in [6.07, 6.45) is 0. The summed E-state index contributed by atoms with van der Waals surface area (Å²) in [7, 11) is 0. The van der Waals surface area contributed by atoms with Crippen molar-refractivity contribution in [1.82, 2.24) is 0 Å².